The maximum Gasteiger partial charge on any atom is 0.317 e. The van der Waals surface area contributed by atoms with Crippen LogP contribution in [0.2, 0.25) is 0 Å². The van der Waals surface area contributed by atoms with Gasteiger partial charge in [0, 0.05) is 37.1 Å². The largest absolute Gasteiger partial charge is 0.481 e. The second kappa shape index (κ2) is 9.69. The van der Waals surface area contributed by atoms with E-state index in [9.17, 15) is 9.59 Å². The number of amides is 2. The maximum atomic E-state index is 12.1. The SMILES string of the molecule is C=CCSCCNC(=O)N1CCCCC1CCC(=O)O. The maximum absolute atomic E-state index is 12.1. The normalized spacial score (nSPS) is 18.6. The zero-order valence-corrected chi connectivity index (χ0v) is 12.7. The lowest BCUT2D eigenvalue weighted by Crippen LogP contribution is -2.49. The Morgan fingerprint density at radius 2 is 2.25 bits per heavy atom. The molecule has 1 saturated heterocycles. The molecule has 0 aromatic rings. The van der Waals surface area contributed by atoms with Crippen molar-refractivity contribution in [3.8, 4) is 0 Å². The third kappa shape index (κ3) is 6.32. The summed E-state index contributed by atoms with van der Waals surface area (Å²) in [5.41, 5.74) is 0. The minimum Gasteiger partial charge on any atom is -0.481 e. The zero-order valence-electron chi connectivity index (χ0n) is 11.8. The number of piperidine rings is 1. The van der Waals surface area contributed by atoms with Gasteiger partial charge in [-0.1, -0.05) is 6.08 Å². The molecule has 0 aliphatic carbocycles. The number of nitrogens with one attached hydrogen (secondary N) is 1. The number of nitrogens with zero attached hydrogens (tertiary/aromatic N) is 1. The molecule has 1 heterocycles. The van der Waals surface area contributed by atoms with Crippen LogP contribution >= 0.6 is 11.8 Å². The molecule has 0 bridgehead atoms. The topological polar surface area (TPSA) is 69.6 Å². The highest BCUT2D eigenvalue weighted by molar-refractivity contribution is 7.99. The number of carbonyl (C=O) groups excluding carboxylic acids is 1. The number of carboxylic acids is 1. The number of rotatable bonds is 8. The van der Waals surface area contributed by atoms with Crippen LogP contribution in [0.4, 0.5) is 4.79 Å². The number of carbonyl (C=O) groups is 2. The Bertz CT molecular complexity index is 336. The highest BCUT2D eigenvalue weighted by Crippen LogP contribution is 2.20. The summed E-state index contributed by atoms with van der Waals surface area (Å²) in [6.07, 6.45) is 5.51. The molecule has 2 N–H and O–H groups in total. The van der Waals surface area contributed by atoms with E-state index in [0.29, 0.717) is 13.0 Å². The van der Waals surface area contributed by atoms with E-state index in [1.165, 1.54) is 0 Å². The van der Waals surface area contributed by atoms with Gasteiger partial charge in [-0.15, -0.1) is 6.58 Å². The summed E-state index contributed by atoms with van der Waals surface area (Å²) >= 11 is 1.73. The summed E-state index contributed by atoms with van der Waals surface area (Å²) in [6.45, 7) is 5.02. The van der Waals surface area contributed by atoms with Crippen molar-refractivity contribution >= 4 is 23.8 Å². The monoisotopic (exact) mass is 300 g/mol. The van der Waals surface area contributed by atoms with Crippen molar-refractivity contribution in [1.29, 1.82) is 0 Å². The lowest BCUT2D eigenvalue weighted by molar-refractivity contribution is -0.137. The van der Waals surface area contributed by atoms with Gasteiger partial charge in [0.15, 0.2) is 0 Å². The first-order valence-electron chi connectivity index (χ1n) is 7.10. The van der Waals surface area contributed by atoms with Gasteiger partial charge in [0.05, 0.1) is 0 Å². The van der Waals surface area contributed by atoms with Crippen molar-refractivity contribution < 1.29 is 14.7 Å². The Morgan fingerprint density at radius 1 is 1.45 bits per heavy atom. The first-order chi connectivity index (χ1) is 9.65. The summed E-state index contributed by atoms with van der Waals surface area (Å²) in [5, 5.41) is 11.7. The van der Waals surface area contributed by atoms with Gasteiger partial charge in [-0.3, -0.25) is 4.79 Å². The van der Waals surface area contributed by atoms with E-state index in [0.717, 1.165) is 37.3 Å². The molecule has 0 spiro atoms. The average Bonchev–Trinajstić information content (AvgIpc) is 2.45. The second-order valence-electron chi connectivity index (χ2n) is 4.87. The Kier molecular flexibility index (Phi) is 8.18. The Labute approximate surface area is 124 Å². The van der Waals surface area contributed by atoms with Gasteiger partial charge in [0.1, 0.15) is 0 Å². The van der Waals surface area contributed by atoms with Crippen LogP contribution in [0.1, 0.15) is 32.1 Å². The minimum absolute atomic E-state index is 0.0562. The van der Waals surface area contributed by atoms with Gasteiger partial charge in [-0.05, 0) is 25.7 Å². The van der Waals surface area contributed by atoms with Crippen LogP contribution in [0.3, 0.4) is 0 Å². The third-order valence-corrected chi connectivity index (χ3v) is 4.30. The van der Waals surface area contributed by atoms with Crippen molar-refractivity contribution in [3.05, 3.63) is 12.7 Å². The van der Waals surface area contributed by atoms with E-state index in [-0.39, 0.29) is 18.5 Å². The molecule has 0 saturated carbocycles. The molecule has 0 aromatic heterocycles. The Morgan fingerprint density at radius 3 is 2.95 bits per heavy atom. The van der Waals surface area contributed by atoms with E-state index >= 15 is 0 Å². The first-order valence-corrected chi connectivity index (χ1v) is 8.25. The lowest BCUT2D eigenvalue weighted by atomic mass is 9.98. The number of hydrogen-bond acceptors (Lipinski definition) is 3. The van der Waals surface area contributed by atoms with Crippen molar-refractivity contribution in [2.45, 2.75) is 38.1 Å². The summed E-state index contributed by atoms with van der Waals surface area (Å²) in [6, 6.07) is 0.0139. The number of urea groups is 1. The van der Waals surface area contributed by atoms with E-state index in [2.05, 4.69) is 11.9 Å². The molecule has 0 aromatic carbocycles. The Hall–Kier alpha value is -1.17. The van der Waals surface area contributed by atoms with Crippen LogP contribution in [0.5, 0.6) is 0 Å². The van der Waals surface area contributed by atoms with Gasteiger partial charge in [-0.2, -0.15) is 11.8 Å². The molecular weight excluding hydrogens is 276 g/mol. The fourth-order valence-electron chi connectivity index (χ4n) is 2.36. The summed E-state index contributed by atoms with van der Waals surface area (Å²) in [4.78, 5) is 24.6. The van der Waals surface area contributed by atoms with E-state index in [4.69, 9.17) is 5.11 Å². The van der Waals surface area contributed by atoms with Crippen LogP contribution in [0.15, 0.2) is 12.7 Å². The quantitative estimate of drug-likeness (QED) is 0.533. The predicted molar refractivity (Wildman–Crippen MR) is 82.1 cm³/mol. The van der Waals surface area contributed by atoms with Gasteiger partial charge in [0.2, 0.25) is 0 Å². The molecule has 1 unspecified atom stereocenters. The Balaban J connectivity index is 2.33. The number of thioether (sulfide) groups is 1. The van der Waals surface area contributed by atoms with Crippen molar-refractivity contribution in [1.82, 2.24) is 10.2 Å². The highest BCUT2D eigenvalue weighted by Gasteiger charge is 2.26. The molecule has 0 radical (unpaired) electrons. The van der Waals surface area contributed by atoms with Gasteiger partial charge < -0.3 is 15.3 Å². The van der Waals surface area contributed by atoms with Crippen molar-refractivity contribution in [2.24, 2.45) is 0 Å². The molecule has 114 valence electrons. The zero-order chi connectivity index (χ0) is 14.8. The smallest absolute Gasteiger partial charge is 0.317 e. The summed E-state index contributed by atoms with van der Waals surface area (Å²) in [7, 11) is 0. The lowest BCUT2D eigenvalue weighted by Gasteiger charge is -2.35. The second-order valence-corrected chi connectivity index (χ2v) is 6.02. The number of carboxylic acid groups (broad SMARTS) is 1. The molecule has 20 heavy (non-hydrogen) atoms. The highest BCUT2D eigenvalue weighted by atomic mass is 32.2. The van der Waals surface area contributed by atoms with Crippen LogP contribution in [0.25, 0.3) is 0 Å². The van der Waals surface area contributed by atoms with Crippen LogP contribution < -0.4 is 5.32 Å². The molecule has 1 aliphatic rings. The van der Waals surface area contributed by atoms with Crippen LogP contribution in [0, 0.1) is 0 Å². The van der Waals surface area contributed by atoms with Gasteiger partial charge >= 0.3 is 12.0 Å². The van der Waals surface area contributed by atoms with Crippen molar-refractivity contribution in [3.63, 3.8) is 0 Å². The molecule has 1 fully saturated rings. The molecule has 6 heteroatoms. The molecular formula is C14H24N2O3S. The van der Waals surface area contributed by atoms with Crippen LogP contribution in [-0.2, 0) is 4.79 Å². The summed E-state index contributed by atoms with van der Waals surface area (Å²) < 4.78 is 0. The van der Waals surface area contributed by atoms with Gasteiger partial charge in [0.25, 0.3) is 0 Å². The summed E-state index contributed by atoms with van der Waals surface area (Å²) in [5.74, 6) is 0.961. The number of likely N-dealkylation sites (tertiary alicyclic amines) is 1. The third-order valence-electron chi connectivity index (χ3n) is 3.34. The fourth-order valence-corrected chi connectivity index (χ4v) is 2.94. The minimum atomic E-state index is -0.795. The van der Waals surface area contributed by atoms with Crippen LogP contribution in [-0.4, -0.2) is 52.6 Å². The fraction of sp³-hybridized carbons (Fsp3) is 0.714. The molecule has 1 atom stereocenters. The number of hydrogen-bond donors (Lipinski definition) is 2. The molecule has 2 amide bonds. The predicted octanol–water partition coefficient (Wildman–Crippen LogP) is 2.33. The molecule has 1 rings (SSSR count). The van der Waals surface area contributed by atoms with Gasteiger partial charge in [-0.25, -0.2) is 4.79 Å². The standard InChI is InChI=1S/C14H24N2O3S/c1-2-10-20-11-8-15-14(19)16-9-4-3-5-12(16)6-7-13(17)18/h2,12H,1,3-11H2,(H,15,19)(H,17,18). The first kappa shape index (κ1) is 16.9. The average molecular weight is 300 g/mol. The molecule has 5 nitrogen and oxygen atoms in total. The van der Waals surface area contributed by atoms with E-state index in [1.54, 1.807) is 11.8 Å². The van der Waals surface area contributed by atoms with Crippen molar-refractivity contribution in [2.75, 3.05) is 24.6 Å². The van der Waals surface area contributed by atoms with E-state index < -0.39 is 5.97 Å². The van der Waals surface area contributed by atoms with E-state index in [1.807, 2.05) is 11.0 Å². The molecule has 1 aliphatic heterocycles. The number of aliphatic carboxylic acids is 1.